The molecule has 20 heavy (non-hydrogen) atoms. The van der Waals surface area contributed by atoms with E-state index in [0.717, 1.165) is 37.4 Å². The zero-order chi connectivity index (χ0) is 14.4. The lowest BCUT2D eigenvalue weighted by Gasteiger charge is -2.33. The van der Waals surface area contributed by atoms with Crippen LogP contribution < -0.4 is 10.1 Å². The number of nitrogens with zero attached hydrogens (tertiary/aromatic N) is 2. The number of benzene rings is 1. The van der Waals surface area contributed by atoms with Crippen molar-refractivity contribution in [2.45, 2.75) is 32.2 Å². The fraction of sp³-hybridized carbons (Fsp3) is 0.562. The van der Waals surface area contributed by atoms with E-state index in [1.807, 2.05) is 18.2 Å². The summed E-state index contributed by atoms with van der Waals surface area (Å²) in [4.78, 5) is 2.51. The molecule has 1 heterocycles. The lowest BCUT2D eigenvalue weighted by atomic mass is 10.0. The number of hydrogen-bond donors (Lipinski definition) is 1. The number of nitriles is 1. The summed E-state index contributed by atoms with van der Waals surface area (Å²) in [7, 11) is 1.64. The van der Waals surface area contributed by atoms with E-state index in [-0.39, 0.29) is 0 Å². The number of hydrogen-bond acceptors (Lipinski definition) is 4. The Bertz CT molecular complexity index is 473. The third kappa shape index (κ3) is 3.43. The van der Waals surface area contributed by atoms with Gasteiger partial charge in [-0.05, 0) is 37.9 Å². The molecule has 108 valence electrons. The van der Waals surface area contributed by atoms with Crippen molar-refractivity contribution < 1.29 is 4.74 Å². The highest BCUT2D eigenvalue weighted by atomic mass is 16.5. The van der Waals surface area contributed by atoms with Gasteiger partial charge in [-0.3, -0.25) is 0 Å². The molecule has 1 saturated heterocycles. The van der Waals surface area contributed by atoms with Crippen LogP contribution in [0.4, 0.5) is 5.69 Å². The highest BCUT2D eigenvalue weighted by Gasteiger charge is 2.20. The van der Waals surface area contributed by atoms with E-state index in [2.05, 4.69) is 23.2 Å². The number of piperidine rings is 1. The standard InChI is InChI=1S/C16H23N3O/c1-3-9-19-10-7-14(8-11-19)18-16-13(12-17)5-4-6-15(16)20-2/h4-6,14,18H,3,7-11H2,1-2H3. The largest absolute Gasteiger partial charge is 0.495 e. The normalized spacial score (nSPS) is 16.6. The number of ether oxygens (including phenoxy) is 1. The Morgan fingerprint density at radius 2 is 2.15 bits per heavy atom. The van der Waals surface area contributed by atoms with Gasteiger partial charge in [-0.25, -0.2) is 0 Å². The SMILES string of the molecule is CCCN1CCC(Nc2c(C#N)cccc2OC)CC1. The van der Waals surface area contributed by atoms with Crippen LogP contribution in [0.25, 0.3) is 0 Å². The molecule has 0 bridgehead atoms. The number of methoxy groups -OCH3 is 1. The van der Waals surface area contributed by atoms with Crippen molar-refractivity contribution in [1.29, 1.82) is 5.26 Å². The van der Waals surface area contributed by atoms with Gasteiger partial charge in [0.2, 0.25) is 0 Å². The molecule has 4 nitrogen and oxygen atoms in total. The Labute approximate surface area is 121 Å². The first-order valence-corrected chi connectivity index (χ1v) is 7.34. The first-order valence-electron chi connectivity index (χ1n) is 7.34. The third-order valence-corrected chi connectivity index (χ3v) is 3.84. The topological polar surface area (TPSA) is 48.3 Å². The molecule has 1 fully saturated rings. The van der Waals surface area contributed by atoms with Crippen LogP contribution in [0.3, 0.4) is 0 Å². The van der Waals surface area contributed by atoms with E-state index in [1.54, 1.807) is 7.11 Å². The fourth-order valence-corrected chi connectivity index (χ4v) is 2.76. The number of nitrogens with one attached hydrogen (secondary N) is 1. The van der Waals surface area contributed by atoms with E-state index < -0.39 is 0 Å². The molecule has 1 aliphatic heterocycles. The Kier molecular flexibility index (Phi) is 5.25. The Hall–Kier alpha value is -1.73. The van der Waals surface area contributed by atoms with Crippen LogP contribution in [0, 0.1) is 11.3 Å². The fourth-order valence-electron chi connectivity index (χ4n) is 2.76. The van der Waals surface area contributed by atoms with Gasteiger partial charge in [0.25, 0.3) is 0 Å². The molecule has 0 amide bonds. The number of rotatable bonds is 5. The predicted molar refractivity (Wildman–Crippen MR) is 81.1 cm³/mol. The van der Waals surface area contributed by atoms with Crippen LogP contribution >= 0.6 is 0 Å². The molecule has 0 atom stereocenters. The highest BCUT2D eigenvalue weighted by molar-refractivity contribution is 5.66. The van der Waals surface area contributed by atoms with Gasteiger partial charge < -0.3 is 15.0 Å². The zero-order valence-corrected chi connectivity index (χ0v) is 12.4. The van der Waals surface area contributed by atoms with Gasteiger partial charge >= 0.3 is 0 Å². The van der Waals surface area contributed by atoms with E-state index in [1.165, 1.54) is 13.0 Å². The van der Waals surface area contributed by atoms with Gasteiger partial charge in [-0.15, -0.1) is 0 Å². The first kappa shape index (κ1) is 14.7. The van der Waals surface area contributed by atoms with Crippen molar-refractivity contribution >= 4 is 5.69 Å². The van der Waals surface area contributed by atoms with Gasteiger partial charge in [0.1, 0.15) is 11.8 Å². The third-order valence-electron chi connectivity index (χ3n) is 3.84. The molecular weight excluding hydrogens is 250 g/mol. The van der Waals surface area contributed by atoms with E-state index in [0.29, 0.717) is 11.6 Å². The average Bonchev–Trinajstić information content (AvgIpc) is 2.49. The van der Waals surface area contributed by atoms with E-state index in [9.17, 15) is 5.26 Å². The lowest BCUT2D eigenvalue weighted by molar-refractivity contribution is 0.219. The second kappa shape index (κ2) is 7.16. The Balaban J connectivity index is 2.03. The second-order valence-corrected chi connectivity index (χ2v) is 5.25. The maximum atomic E-state index is 9.23. The quantitative estimate of drug-likeness (QED) is 0.896. The summed E-state index contributed by atoms with van der Waals surface area (Å²) >= 11 is 0. The summed E-state index contributed by atoms with van der Waals surface area (Å²) in [5.74, 6) is 0.750. The van der Waals surface area contributed by atoms with E-state index >= 15 is 0 Å². The molecule has 0 unspecified atom stereocenters. The van der Waals surface area contributed by atoms with Crippen molar-refractivity contribution in [3.05, 3.63) is 23.8 Å². The van der Waals surface area contributed by atoms with Gasteiger partial charge in [0.15, 0.2) is 0 Å². The van der Waals surface area contributed by atoms with Crippen LogP contribution in [-0.4, -0.2) is 37.7 Å². The van der Waals surface area contributed by atoms with E-state index in [4.69, 9.17) is 4.74 Å². The summed E-state index contributed by atoms with van der Waals surface area (Å²) in [5, 5.41) is 12.7. The molecule has 1 N–H and O–H groups in total. The molecule has 4 heteroatoms. The molecule has 1 aromatic rings. The molecule has 2 rings (SSSR count). The molecule has 0 radical (unpaired) electrons. The summed E-state index contributed by atoms with van der Waals surface area (Å²) in [6.07, 6.45) is 3.44. The molecular formula is C16H23N3O. The van der Waals surface area contributed by atoms with Gasteiger partial charge in [0, 0.05) is 19.1 Å². The summed E-state index contributed by atoms with van der Waals surface area (Å²) in [6, 6.07) is 8.24. The van der Waals surface area contributed by atoms with Crippen molar-refractivity contribution in [2.75, 3.05) is 32.1 Å². The molecule has 0 spiro atoms. The zero-order valence-electron chi connectivity index (χ0n) is 12.4. The van der Waals surface area contributed by atoms with Crippen LogP contribution in [0.5, 0.6) is 5.75 Å². The van der Waals surface area contributed by atoms with Gasteiger partial charge in [-0.1, -0.05) is 13.0 Å². The maximum absolute atomic E-state index is 9.23. The monoisotopic (exact) mass is 273 g/mol. The van der Waals surface area contributed by atoms with Crippen LogP contribution in [0.1, 0.15) is 31.7 Å². The summed E-state index contributed by atoms with van der Waals surface area (Å²) < 4.78 is 5.37. The molecule has 1 aromatic carbocycles. The number of likely N-dealkylation sites (tertiary alicyclic amines) is 1. The second-order valence-electron chi connectivity index (χ2n) is 5.25. The first-order chi connectivity index (χ1) is 9.78. The highest BCUT2D eigenvalue weighted by Crippen LogP contribution is 2.30. The average molecular weight is 273 g/mol. The van der Waals surface area contributed by atoms with Crippen LogP contribution in [0.15, 0.2) is 18.2 Å². The van der Waals surface area contributed by atoms with Crippen LogP contribution in [-0.2, 0) is 0 Å². The van der Waals surface area contributed by atoms with Crippen molar-refractivity contribution in [3.63, 3.8) is 0 Å². The minimum Gasteiger partial charge on any atom is -0.495 e. The maximum Gasteiger partial charge on any atom is 0.143 e. The lowest BCUT2D eigenvalue weighted by Crippen LogP contribution is -2.39. The van der Waals surface area contributed by atoms with Crippen molar-refractivity contribution in [1.82, 2.24) is 4.90 Å². The van der Waals surface area contributed by atoms with Gasteiger partial charge in [0.05, 0.1) is 18.4 Å². The number of anilines is 1. The van der Waals surface area contributed by atoms with Crippen molar-refractivity contribution in [2.24, 2.45) is 0 Å². The molecule has 1 aliphatic rings. The minimum absolute atomic E-state index is 0.423. The van der Waals surface area contributed by atoms with Crippen molar-refractivity contribution in [3.8, 4) is 11.8 Å². The summed E-state index contributed by atoms with van der Waals surface area (Å²) in [5.41, 5.74) is 1.49. The molecule has 0 aromatic heterocycles. The predicted octanol–water partition coefficient (Wildman–Crippen LogP) is 2.85. The minimum atomic E-state index is 0.423. The smallest absolute Gasteiger partial charge is 0.143 e. The molecule has 0 aliphatic carbocycles. The van der Waals surface area contributed by atoms with Gasteiger partial charge in [-0.2, -0.15) is 5.26 Å². The molecule has 0 saturated carbocycles. The summed E-state index contributed by atoms with van der Waals surface area (Å²) in [6.45, 7) is 5.66. The Morgan fingerprint density at radius 3 is 2.75 bits per heavy atom. The van der Waals surface area contributed by atoms with Crippen LogP contribution in [0.2, 0.25) is 0 Å². The Morgan fingerprint density at radius 1 is 1.40 bits per heavy atom. The number of para-hydroxylation sites is 1.